The minimum absolute atomic E-state index is 0. The van der Waals surface area contributed by atoms with E-state index < -0.39 is 18.5 Å². The first-order chi connectivity index (χ1) is 4.71. The number of hydrogen-bond acceptors (Lipinski definition) is 3. The summed E-state index contributed by atoms with van der Waals surface area (Å²) in [6.07, 6.45) is 0. The molecule has 4 nitrogen and oxygen atoms in total. The van der Waals surface area contributed by atoms with Crippen LogP contribution in [0.5, 0.6) is 0 Å². The van der Waals surface area contributed by atoms with E-state index in [1.54, 1.807) is 0 Å². The van der Waals surface area contributed by atoms with Crippen molar-refractivity contribution in [2.45, 2.75) is 25.7 Å². The van der Waals surface area contributed by atoms with Crippen LogP contribution < -0.4 is 0 Å². The van der Waals surface area contributed by atoms with E-state index in [0.29, 0.717) is 0 Å². The van der Waals surface area contributed by atoms with E-state index in [1.807, 2.05) is 0 Å². The van der Waals surface area contributed by atoms with Crippen LogP contribution in [0.2, 0.25) is 25.7 Å². The summed E-state index contributed by atoms with van der Waals surface area (Å²) in [5.41, 5.74) is 0. The van der Waals surface area contributed by atoms with E-state index in [1.165, 1.54) is 0 Å². The van der Waals surface area contributed by atoms with Gasteiger partial charge in [0.25, 0.3) is 0 Å². The van der Waals surface area contributed by atoms with Gasteiger partial charge in [-0.2, -0.15) is 8.42 Å². The summed E-state index contributed by atoms with van der Waals surface area (Å²) in [5, 5.41) is 0. The summed E-state index contributed by atoms with van der Waals surface area (Å²) >= 11 is 0. The molecule has 0 saturated carbocycles. The van der Waals surface area contributed by atoms with Crippen molar-refractivity contribution in [2.24, 2.45) is 0 Å². The second kappa shape index (κ2) is 5.42. The Bertz CT molecular complexity index is 208. The van der Waals surface area contributed by atoms with Crippen LogP contribution in [0.15, 0.2) is 0 Å². The Morgan fingerprint density at radius 1 is 1.33 bits per heavy atom. The Kier molecular flexibility index (Phi) is 6.85. The molecule has 7 heteroatoms. The van der Waals surface area contributed by atoms with Crippen molar-refractivity contribution < 1.29 is 17.2 Å². The Morgan fingerprint density at radius 3 is 2.00 bits per heavy atom. The van der Waals surface area contributed by atoms with E-state index in [-0.39, 0.29) is 25.5 Å². The second-order valence-corrected chi connectivity index (χ2v) is 10.3. The van der Waals surface area contributed by atoms with Gasteiger partial charge in [0.15, 0.2) is 0 Å². The average molecular weight is 206 g/mol. The van der Waals surface area contributed by atoms with E-state index in [4.69, 9.17) is 4.55 Å². The summed E-state index contributed by atoms with van der Waals surface area (Å²) < 4.78 is 32.5. The molecular formula is C5H15LiO4SSi. The molecule has 12 heavy (non-hydrogen) atoms. The van der Waals surface area contributed by atoms with Crippen LogP contribution in [0.1, 0.15) is 0 Å². The molecule has 1 N–H and O–H groups in total. The zero-order chi connectivity index (χ0) is 9.12. The maximum absolute atomic E-state index is 10.1. The third-order valence-corrected chi connectivity index (χ3v) is 3.25. The van der Waals surface area contributed by atoms with Crippen molar-refractivity contribution in [3.05, 3.63) is 0 Å². The summed E-state index contributed by atoms with van der Waals surface area (Å²) in [7, 11) is -5.48. The van der Waals surface area contributed by atoms with Crippen molar-refractivity contribution in [3.63, 3.8) is 0 Å². The van der Waals surface area contributed by atoms with Gasteiger partial charge in [-0.25, -0.2) is 4.18 Å². The quantitative estimate of drug-likeness (QED) is 0.537. The van der Waals surface area contributed by atoms with Gasteiger partial charge in [0.2, 0.25) is 0 Å². The fraction of sp³-hybridized carbons (Fsp3) is 1.00. The molecule has 0 unspecified atom stereocenters. The van der Waals surface area contributed by atoms with Crippen LogP contribution in [-0.2, 0) is 14.6 Å². The molecule has 0 aromatic heterocycles. The first-order valence-electron chi connectivity index (χ1n) is 3.32. The second-order valence-electron chi connectivity index (χ2n) is 3.56. The van der Waals surface area contributed by atoms with Gasteiger partial charge in [-0.05, 0) is 6.04 Å². The van der Waals surface area contributed by atoms with Crippen LogP contribution in [0.4, 0.5) is 0 Å². The van der Waals surface area contributed by atoms with Gasteiger partial charge in [0, 0.05) is 8.07 Å². The van der Waals surface area contributed by atoms with Gasteiger partial charge >= 0.3 is 29.3 Å². The molecule has 0 aliphatic heterocycles. The topological polar surface area (TPSA) is 63.6 Å². The Hall–Kier alpha value is 0.684. The van der Waals surface area contributed by atoms with E-state index in [0.717, 1.165) is 6.04 Å². The molecule has 0 aromatic rings. The van der Waals surface area contributed by atoms with Gasteiger partial charge in [0.1, 0.15) is 0 Å². The van der Waals surface area contributed by atoms with Crippen LogP contribution in [0, 0.1) is 0 Å². The van der Waals surface area contributed by atoms with Gasteiger partial charge < -0.3 is 0 Å². The molecule has 0 heterocycles. The van der Waals surface area contributed by atoms with Gasteiger partial charge in [-0.3, -0.25) is 4.55 Å². The molecule has 0 aliphatic carbocycles. The maximum atomic E-state index is 10.1. The van der Waals surface area contributed by atoms with Gasteiger partial charge in [-0.1, -0.05) is 19.6 Å². The van der Waals surface area contributed by atoms with Gasteiger partial charge in [0.05, 0.1) is 6.61 Å². The molecule has 0 radical (unpaired) electrons. The zero-order valence-electron chi connectivity index (χ0n) is 6.99. The summed E-state index contributed by atoms with van der Waals surface area (Å²) in [6, 6.07) is 0.729. The Morgan fingerprint density at radius 2 is 1.75 bits per heavy atom. The van der Waals surface area contributed by atoms with Crippen molar-refractivity contribution in [1.82, 2.24) is 0 Å². The third-order valence-electron chi connectivity index (χ3n) is 1.08. The van der Waals surface area contributed by atoms with Crippen molar-refractivity contribution >= 4 is 37.3 Å². The summed E-state index contributed by atoms with van der Waals surface area (Å²) in [5.74, 6) is 0. The summed E-state index contributed by atoms with van der Waals surface area (Å²) in [4.78, 5) is 0. The van der Waals surface area contributed by atoms with E-state index in [2.05, 4.69) is 23.8 Å². The molecule has 0 saturated heterocycles. The van der Waals surface area contributed by atoms with Crippen LogP contribution >= 0.6 is 0 Å². The minimum atomic E-state index is -4.22. The monoisotopic (exact) mass is 206 g/mol. The predicted molar refractivity (Wildman–Crippen MR) is 52.8 cm³/mol. The Balaban J connectivity index is 0. The van der Waals surface area contributed by atoms with Crippen LogP contribution in [0.25, 0.3) is 0 Å². The van der Waals surface area contributed by atoms with Crippen LogP contribution in [0.3, 0.4) is 0 Å². The molecule has 0 rings (SSSR count). The zero-order valence-corrected chi connectivity index (χ0v) is 8.81. The fourth-order valence-electron chi connectivity index (χ4n) is 0.453. The third kappa shape index (κ3) is 13.3. The molecule has 0 aliphatic rings. The molecule has 70 valence electrons. The summed E-state index contributed by atoms with van der Waals surface area (Å²) in [6.45, 7) is 6.38. The normalized spacial score (nSPS) is 12.3. The first kappa shape index (κ1) is 15.2. The van der Waals surface area contributed by atoms with Gasteiger partial charge in [-0.15, -0.1) is 0 Å². The molecule has 0 spiro atoms. The van der Waals surface area contributed by atoms with Crippen LogP contribution in [-0.4, -0.2) is 46.5 Å². The molecule has 0 amide bonds. The molecule has 0 atom stereocenters. The van der Waals surface area contributed by atoms with E-state index >= 15 is 0 Å². The van der Waals surface area contributed by atoms with Crippen molar-refractivity contribution in [3.8, 4) is 0 Å². The average Bonchev–Trinajstić information content (AvgIpc) is 1.55. The standard InChI is InChI=1S/C5H14O4SSi.Li.H/c1-11(2,3)5-4-9-10(6,7)8;;/h4-5H2,1-3H3,(H,6,7,8);;. The number of rotatable bonds is 4. The molecule has 0 aromatic carbocycles. The first-order valence-corrected chi connectivity index (χ1v) is 8.40. The Labute approximate surface area is 86.8 Å². The molecular weight excluding hydrogens is 191 g/mol. The number of hydrogen-bond donors (Lipinski definition) is 1. The molecule has 0 fully saturated rings. The van der Waals surface area contributed by atoms with Crippen molar-refractivity contribution in [1.29, 1.82) is 0 Å². The SMILES string of the molecule is C[Si](C)(C)CCOS(=O)(=O)O.[LiH]. The fourth-order valence-corrected chi connectivity index (χ4v) is 1.61. The predicted octanol–water partition coefficient (Wildman–Crippen LogP) is 0.495. The molecule has 0 bridgehead atoms. The van der Waals surface area contributed by atoms with E-state index in [9.17, 15) is 8.42 Å². The van der Waals surface area contributed by atoms with Crippen molar-refractivity contribution in [2.75, 3.05) is 6.61 Å².